The summed E-state index contributed by atoms with van der Waals surface area (Å²) in [5, 5.41) is 0. The van der Waals surface area contributed by atoms with Gasteiger partial charge in [0.2, 0.25) is 0 Å². The average molecular weight is 286 g/mol. The largest absolute Gasteiger partial charge is 0.492 e. The topological polar surface area (TPSA) is 12.5 Å². The molecule has 0 spiro atoms. The van der Waals surface area contributed by atoms with Gasteiger partial charge in [-0.05, 0) is 43.8 Å². The minimum absolute atomic E-state index is 0.479. The Hall–Kier alpha value is -0.540. The van der Waals surface area contributed by atoms with Gasteiger partial charge >= 0.3 is 0 Å². The Morgan fingerprint density at radius 1 is 1.31 bits per heavy atom. The summed E-state index contributed by atoms with van der Waals surface area (Å²) in [6.45, 7) is 6.03. The van der Waals surface area contributed by atoms with Crippen LogP contribution in [0.25, 0.3) is 0 Å². The van der Waals surface area contributed by atoms with E-state index in [2.05, 4.69) is 40.7 Å². The number of nitrogens with zero attached hydrogens (tertiary/aromatic N) is 1. The van der Waals surface area contributed by atoms with E-state index >= 15 is 0 Å². The van der Waals surface area contributed by atoms with Gasteiger partial charge < -0.3 is 9.64 Å². The van der Waals surface area contributed by atoms with Crippen LogP contribution in [-0.2, 0) is 0 Å². The number of hydrogen-bond acceptors (Lipinski definition) is 2. The molecule has 0 saturated carbocycles. The van der Waals surface area contributed by atoms with Gasteiger partial charge in [-0.25, -0.2) is 0 Å². The first-order valence-electron chi connectivity index (χ1n) is 5.57. The van der Waals surface area contributed by atoms with Gasteiger partial charge in [-0.15, -0.1) is 0 Å². The molecule has 0 aliphatic rings. The van der Waals surface area contributed by atoms with E-state index in [0.717, 1.165) is 23.4 Å². The number of likely N-dealkylation sites (N-methyl/N-ethyl adjacent to an activating group) is 1. The van der Waals surface area contributed by atoms with E-state index in [1.54, 1.807) is 0 Å². The second-order valence-corrected chi connectivity index (χ2v) is 5.40. The van der Waals surface area contributed by atoms with E-state index in [-0.39, 0.29) is 0 Å². The van der Waals surface area contributed by atoms with Gasteiger partial charge in [0.1, 0.15) is 12.4 Å². The first kappa shape index (κ1) is 13.5. The summed E-state index contributed by atoms with van der Waals surface area (Å²) < 4.78 is 6.91. The summed E-state index contributed by atoms with van der Waals surface area (Å²) in [6.07, 6.45) is 0. The molecular weight excluding hydrogens is 266 g/mol. The van der Waals surface area contributed by atoms with E-state index in [9.17, 15) is 0 Å². The van der Waals surface area contributed by atoms with E-state index in [4.69, 9.17) is 4.74 Å². The van der Waals surface area contributed by atoms with Crippen LogP contribution in [-0.4, -0.2) is 32.1 Å². The van der Waals surface area contributed by atoms with Gasteiger partial charge in [0, 0.05) is 11.0 Å². The lowest BCUT2D eigenvalue weighted by Gasteiger charge is -2.16. The lowest BCUT2D eigenvalue weighted by Crippen LogP contribution is -2.19. The lowest BCUT2D eigenvalue weighted by atomic mass is 10.0. The highest BCUT2D eigenvalue weighted by Crippen LogP contribution is 2.29. The molecule has 0 heterocycles. The zero-order valence-electron chi connectivity index (χ0n) is 10.5. The third-order valence-corrected chi connectivity index (χ3v) is 2.88. The highest BCUT2D eigenvalue weighted by Gasteiger charge is 2.08. The third kappa shape index (κ3) is 4.14. The molecule has 1 rings (SSSR count). The Kier molecular flexibility index (Phi) is 5.29. The fourth-order valence-corrected chi connectivity index (χ4v) is 1.82. The number of halogens is 1. The van der Waals surface area contributed by atoms with Crippen molar-refractivity contribution in [3.63, 3.8) is 0 Å². The molecule has 0 radical (unpaired) electrons. The number of hydrogen-bond donors (Lipinski definition) is 0. The first-order chi connectivity index (χ1) is 7.50. The van der Waals surface area contributed by atoms with E-state index in [1.165, 1.54) is 5.56 Å². The average Bonchev–Trinajstić information content (AvgIpc) is 2.19. The SMILES string of the molecule is CC(C)c1cc(Br)ccc1OCCN(C)C. The van der Waals surface area contributed by atoms with Crippen LogP contribution in [0.15, 0.2) is 22.7 Å². The molecule has 0 saturated heterocycles. The summed E-state index contributed by atoms with van der Waals surface area (Å²) >= 11 is 3.49. The summed E-state index contributed by atoms with van der Waals surface area (Å²) in [7, 11) is 4.10. The maximum absolute atomic E-state index is 5.80. The summed E-state index contributed by atoms with van der Waals surface area (Å²) in [4.78, 5) is 2.12. The van der Waals surface area contributed by atoms with Crippen molar-refractivity contribution in [3.05, 3.63) is 28.2 Å². The highest BCUT2D eigenvalue weighted by molar-refractivity contribution is 9.10. The van der Waals surface area contributed by atoms with Crippen molar-refractivity contribution in [3.8, 4) is 5.75 Å². The van der Waals surface area contributed by atoms with E-state index in [0.29, 0.717) is 5.92 Å². The Bertz CT molecular complexity index is 337. The molecule has 0 atom stereocenters. The van der Waals surface area contributed by atoms with Gasteiger partial charge in [0.05, 0.1) is 0 Å². The second-order valence-electron chi connectivity index (χ2n) is 4.49. The summed E-state index contributed by atoms with van der Waals surface area (Å²) in [5.41, 5.74) is 1.26. The van der Waals surface area contributed by atoms with Crippen molar-refractivity contribution in [1.82, 2.24) is 4.90 Å². The van der Waals surface area contributed by atoms with Crippen LogP contribution in [0.4, 0.5) is 0 Å². The van der Waals surface area contributed by atoms with Crippen molar-refractivity contribution in [2.24, 2.45) is 0 Å². The molecule has 0 fully saturated rings. The smallest absolute Gasteiger partial charge is 0.122 e. The number of benzene rings is 1. The summed E-state index contributed by atoms with van der Waals surface area (Å²) in [6, 6.07) is 6.20. The molecule has 2 nitrogen and oxygen atoms in total. The van der Waals surface area contributed by atoms with Crippen molar-refractivity contribution in [1.29, 1.82) is 0 Å². The molecule has 0 unspecified atom stereocenters. The van der Waals surface area contributed by atoms with Gasteiger partial charge in [-0.1, -0.05) is 29.8 Å². The maximum Gasteiger partial charge on any atom is 0.122 e. The lowest BCUT2D eigenvalue weighted by molar-refractivity contribution is 0.259. The molecule has 16 heavy (non-hydrogen) atoms. The molecule has 3 heteroatoms. The normalized spacial score (nSPS) is 11.2. The van der Waals surface area contributed by atoms with Gasteiger partial charge in [0.15, 0.2) is 0 Å². The zero-order valence-corrected chi connectivity index (χ0v) is 12.0. The van der Waals surface area contributed by atoms with Crippen LogP contribution < -0.4 is 4.74 Å². The molecular formula is C13H20BrNO. The standard InChI is InChI=1S/C13H20BrNO/c1-10(2)12-9-11(14)5-6-13(12)16-8-7-15(3)4/h5-6,9-10H,7-8H2,1-4H3. The molecule has 0 aliphatic carbocycles. The van der Waals surface area contributed by atoms with Crippen molar-refractivity contribution in [2.75, 3.05) is 27.2 Å². The zero-order chi connectivity index (χ0) is 12.1. The van der Waals surface area contributed by atoms with Crippen LogP contribution in [0, 0.1) is 0 Å². The fourth-order valence-electron chi connectivity index (χ4n) is 1.44. The van der Waals surface area contributed by atoms with Gasteiger partial charge in [-0.2, -0.15) is 0 Å². The second kappa shape index (κ2) is 6.26. The van der Waals surface area contributed by atoms with E-state index in [1.807, 2.05) is 26.2 Å². The quantitative estimate of drug-likeness (QED) is 0.821. The molecule has 1 aromatic rings. The Morgan fingerprint density at radius 3 is 2.56 bits per heavy atom. The van der Waals surface area contributed by atoms with Gasteiger partial charge in [-0.3, -0.25) is 0 Å². The third-order valence-electron chi connectivity index (χ3n) is 2.39. The molecule has 0 aromatic heterocycles. The molecule has 0 amide bonds. The number of ether oxygens (including phenoxy) is 1. The monoisotopic (exact) mass is 285 g/mol. The first-order valence-corrected chi connectivity index (χ1v) is 6.37. The Balaban J connectivity index is 2.71. The fraction of sp³-hybridized carbons (Fsp3) is 0.538. The van der Waals surface area contributed by atoms with Crippen LogP contribution in [0.3, 0.4) is 0 Å². The van der Waals surface area contributed by atoms with Crippen LogP contribution in [0.5, 0.6) is 5.75 Å². The molecule has 0 aliphatic heterocycles. The molecule has 0 N–H and O–H groups in total. The van der Waals surface area contributed by atoms with Crippen LogP contribution in [0.1, 0.15) is 25.3 Å². The minimum Gasteiger partial charge on any atom is -0.492 e. The van der Waals surface area contributed by atoms with Crippen molar-refractivity contribution < 1.29 is 4.74 Å². The highest BCUT2D eigenvalue weighted by atomic mass is 79.9. The van der Waals surface area contributed by atoms with Crippen molar-refractivity contribution >= 4 is 15.9 Å². The summed E-state index contributed by atoms with van der Waals surface area (Å²) in [5.74, 6) is 1.48. The number of rotatable bonds is 5. The van der Waals surface area contributed by atoms with Gasteiger partial charge in [0.25, 0.3) is 0 Å². The van der Waals surface area contributed by atoms with E-state index < -0.39 is 0 Å². The van der Waals surface area contributed by atoms with Crippen LogP contribution in [0.2, 0.25) is 0 Å². The Labute approximate surface area is 107 Å². The molecule has 1 aromatic carbocycles. The maximum atomic E-state index is 5.80. The molecule has 0 bridgehead atoms. The Morgan fingerprint density at radius 2 is 2.00 bits per heavy atom. The molecule has 90 valence electrons. The predicted octanol–water partition coefficient (Wildman–Crippen LogP) is 3.51. The minimum atomic E-state index is 0.479. The predicted molar refractivity (Wildman–Crippen MR) is 72.3 cm³/mol. The van der Waals surface area contributed by atoms with Crippen LogP contribution >= 0.6 is 15.9 Å². The van der Waals surface area contributed by atoms with Crippen molar-refractivity contribution in [2.45, 2.75) is 19.8 Å².